The number of nitrogens with one attached hydrogen (secondary N) is 1. The van der Waals surface area contributed by atoms with Crippen LogP contribution in [0.3, 0.4) is 0 Å². The van der Waals surface area contributed by atoms with E-state index in [9.17, 15) is 4.79 Å². The lowest BCUT2D eigenvalue weighted by atomic mass is 10.2. The van der Waals surface area contributed by atoms with E-state index in [0.29, 0.717) is 0 Å². The van der Waals surface area contributed by atoms with Crippen molar-refractivity contribution in [1.82, 2.24) is 20.2 Å². The minimum Gasteiger partial charge on any atom is -0.309 e. The number of rotatable bonds is 5. The van der Waals surface area contributed by atoms with Crippen LogP contribution in [0.2, 0.25) is 0 Å². The van der Waals surface area contributed by atoms with E-state index in [0.717, 1.165) is 23.8 Å². The van der Waals surface area contributed by atoms with Crippen LogP contribution in [0.5, 0.6) is 0 Å². The Morgan fingerprint density at radius 1 is 1.62 bits per heavy atom. The first-order chi connectivity index (χ1) is 7.60. The first-order valence-corrected chi connectivity index (χ1v) is 6.01. The second-order valence-electron chi connectivity index (χ2n) is 3.49. The Bertz CT molecular complexity index is 365. The predicted molar refractivity (Wildman–Crippen MR) is 62.6 cm³/mol. The second kappa shape index (κ2) is 5.86. The van der Waals surface area contributed by atoms with Crippen molar-refractivity contribution in [3.05, 3.63) is 5.82 Å². The Labute approximate surface area is 99.0 Å². The van der Waals surface area contributed by atoms with Gasteiger partial charge in [0.25, 0.3) is 0 Å². The molecular formula is C9H17N5OS. The molecule has 3 N–H and O–H groups in total. The number of carbonyl (C=O) groups is 1. The number of aryl methyl sites for hydroxylation is 1. The molecule has 1 rings (SSSR count). The molecule has 1 heterocycles. The van der Waals surface area contributed by atoms with Crippen LogP contribution in [-0.4, -0.2) is 25.9 Å². The van der Waals surface area contributed by atoms with Crippen LogP contribution in [0.4, 0.5) is 0 Å². The molecule has 16 heavy (non-hydrogen) atoms. The van der Waals surface area contributed by atoms with Crippen molar-refractivity contribution < 1.29 is 4.79 Å². The van der Waals surface area contributed by atoms with Crippen molar-refractivity contribution in [2.24, 2.45) is 12.9 Å². The molecule has 0 bridgehead atoms. The third-order valence-electron chi connectivity index (χ3n) is 2.29. The monoisotopic (exact) mass is 243 g/mol. The summed E-state index contributed by atoms with van der Waals surface area (Å²) >= 11 is 1.39. The molecular weight excluding hydrogens is 226 g/mol. The predicted octanol–water partition coefficient (Wildman–Crippen LogP) is 0.374. The van der Waals surface area contributed by atoms with Gasteiger partial charge in [-0.3, -0.25) is 10.2 Å². The molecule has 0 fully saturated rings. The number of hydrogen-bond acceptors (Lipinski definition) is 5. The van der Waals surface area contributed by atoms with Crippen molar-refractivity contribution in [2.45, 2.75) is 37.1 Å². The lowest BCUT2D eigenvalue weighted by molar-refractivity contribution is -0.120. The molecule has 1 aromatic rings. The van der Waals surface area contributed by atoms with E-state index in [4.69, 9.17) is 5.84 Å². The first kappa shape index (κ1) is 13.0. The van der Waals surface area contributed by atoms with E-state index in [2.05, 4.69) is 15.6 Å². The number of aromatic nitrogens is 3. The van der Waals surface area contributed by atoms with Gasteiger partial charge in [0, 0.05) is 7.05 Å². The molecule has 1 aromatic heterocycles. The third-order valence-corrected chi connectivity index (χ3v) is 3.59. The third kappa shape index (κ3) is 2.96. The van der Waals surface area contributed by atoms with Gasteiger partial charge in [0.2, 0.25) is 5.91 Å². The van der Waals surface area contributed by atoms with E-state index in [-0.39, 0.29) is 11.2 Å². The van der Waals surface area contributed by atoms with Gasteiger partial charge in [-0.2, -0.15) is 0 Å². The van der Waals surface area contributed by atoms with Gasteiger partial charge in [-0.15, -0.1) is 10.2 Å². The van der Waals surface area contributed by atoms with Gasteiger partial charge in [-0.1, -0.05) is 25.1 Å². The number of hydrazine groups is 1. The van der Waals surface area contributed by atoms with Gasteiger partial charge in [0.1, 0.15) is 5.82 Å². The highest BCUT2D eigenvalue weighted by Gasteiger charge is 2.20. The molecule has 1 atom stereocenters. The second-order valence-corrected chi connectivity index (χ2v) is 4.66. The Balaban J connectivity index is 2.75. The van der Waals surface area contributed by atoms with Crippen molar-refractivity contribution in [2.75, 3.05) is 0 Å². The molecule has 0 saturated carbocycles. The lowest BCUT2D eigenvalue weighted by Gasteiger charge is -2.12. The summed E-state index contributed by atoms with van der Waals surface area (Å²) in [6, 6.07) is 0. The topological polar surface area (TPSA) is 85.8 Å². The van der Waals surface area contributed by atoms with Crippen molar-refractivity contribution in [1.29, 1.82) is 0 Å². The Morgan fingerprint density at radius 2 is 2.31 bits per heavy atom. The van der Waals surface area contributed by atoms with Crippen LogP contribution in [-0.2, 0) is 11.8 Å². The number of nitrogens with zero attached hydrogens (tertiary/aromatic N) is 3. The van der Waals surface area contributed by atoms with E-state index in [1.165, 1.54) is 11.8 Å². The quantitative estimate of drug-likeness (QED) is 0.338. The average Bonchev–Trinajstić information content (AvgIpc) is 2.59. The summed E-state index contributed by atoms with van der Waals surface area (Å²) < 4.78 is 1.86. The highest BCUT2D eigenvalue weighted by atomic mass is 32.2. The molecule has 0 aliphatic rings. The van der Waals surface area contributed by atoms with Crippen LogP contribution >= 0.6 is 11.8 Å². The molecule has 6 nitrogen and oxygen atoms in total. The average molecular weight is 243 g/mol. The van der Waals surface area contributed by atoms with Gasteiger partial charge < -0.3 is 4.57 Å². The normalized spacial score (nSPS) is 12.5. The number of carbonyl (C=O) groups excluding carboxylic acids is 1. The van der Waals surface area contributed by atoms with Crippen LogP contribution in [0.15, 0.2) is 5.16 Å². The summed E-state index contributed by atoms with van der Waals surface area (Å²) in [6.07, 6.45) is 1.68. The van der Waals surface area contributed by atoms with Crippen LogP contribution in [0, 0.1) is 6.92 Å². The summed E-state index contributed by atoms with van der Waals surface area (Å²) in [5.74, 6) is 5.80. The standard InChI is InChI=1S/C9H17N5OS/c1-4-5-7(8(15)11-10)16-9-13-12-6(2)14(9)3/h7H,4-5,10H2,1-3H3,(H,11,15). The van der Waals surface area contributed by atoms with Crippen LogP contribution < -0.4 is 11.3 Å². The van der Waals surface area contributed by atoms with Crippen LogP contribution in [0.25, 0.3) is 0 Å². The number of nitrogens with two attached hydrogens (primary N) is 1. The van der Waals surface area contributed by atoms with Crippen molar-refractivity contribution in [3.8, 4) is 0 Å². The summed E-state index contributed by atoms with van der Waals surface area (Å²) in [6.45, 7) is 3.90. The fourth-order valence-corrected chi connectivity index (χ4v) is 2.38. The largest absolute Gasteiger partial charge is 0.309 e. The van der Waals surface area contributed by atoms with Gasteiger partial charge in [0.05, 0.1) is 5.25 Å². The summed E-state index contributed by atoms with van der Waals surface area (Å²) in [5.41, 5.74) is 2.18. The first-order valence-electron chi connectivity index (χ1n) is 5.13. The zero-order valence-corrected chi connectivity index (χ0v) is 10.5. The Hall–Kier alpha value is -1.08. The smallest absolute Gasteiger partial charge is 0.247 e. The molecule has 7 heteroatoms. The molecule has 90 valence electrons. The van der Waals surface area contributed by atoms with Crippen LogP contribution in [0.1, 0.15) is 25.6 Å². The minimum atomic E-state index is -0.211. The summed E-state index contributed by atoms with van der Waals surface area (Å²) in [4.78, 5) is 11.5. The lowest BCUT2D eigenvalue weighted by Crippen LogP contribution is -2.37. The van der Waals surface area contributed by atoms with E-state index in [1.807, 2.05) is 25.5 Å². The molecule has 0 spiro atoms. The van der Waals surface area contributed by atoms with Gasteiger partial charge in [-0.05, 0) is 13.3 Å². The minimum absolute atomic E-state index is 0.174. The van der Waals surface area contributed by atoms with E-state index >= 15 is 0 Å². The zero-order valence-electron chi connectivity index (χ0n) is 9.73. The molecule has 0 aromatic carbocycles. The highest BCUT2D eigenvalue weighted by molar-refractivity contribution is 8.00. The van der Waals surface area contributed by atoms with Gasteiger partial charge in [0.15, 0.2) is 5.16 Å². The SMILES string of the molecule is CCCC(Sc1nnc(C)n1C)C(=O)NN. The summed E-state index contributed by atoms with van der Waals surface area (Å²) in [7, 11) is 1.88. The van der Waals surface area contributed by atoms with Gasteiger partial charge in [-0.25, -0.2) is 5.84 Å². The van der Waals surface area contributed by atoms with E-state index < -0.39 is 0 Å². The fraction of sp³-hybridized carbons (Fsp3) is 0.667. The summed E-state index contributed by atoms with van der Waals surface area (Å²) in [5, 5.41) is 8.48. The highest BCUT2D eigenvalue weighted by Crippen LogP contribution is 2.24. The maximum absolute atomic E-state index is 11.5. The molecule has 0 radical (unpaired) electrons. The maximum atomic E-state index is 11.5. The van der Waals surface area contributed by atoms with Gasteiger partial charge >= 0.3 is 0 Å². The molecule has 0 aliphatic carbocycles. The van der Waals surface area contributed by atoms with Crippen molar-refractivity contribution >= 4 is 17.7 Å². The van der Waals surface area contributed by atoms with Crippen molar-refractivity contribution in [3.63, 3.8) is 0 Å². The Morgan fingerprint density at radius 3 is 2.75 bits per heavy atom. The number of amides is 1. The molecule has 0 aliphatic heterocycles. The maximum Gasteiger partial charge on any atom is 0.247 e. The molecule has 1 unspecified atom stereocenters. The Kier molecular flexibility index (Phi) is 4.75. The molecule has 1 amide bonds. The van der Waals surface area contributed by atoms with E-state index in [1.54, 1.807) is 0 Å². The molecule has 0 saturated heterocycles. The number of hydrogen-bond donors (Lipinski definition) is 2. The fourth-order valence-electron chi connectivity index (χ4n) is 1.22. The zero-order chi connectivity index (χ0) is 12.1. The number of thioether (sulfide) groups is 1.